The fraction of sp³-hybridized carbons (Fsp3) is 0.333. The van der Waals surface area contributed by atoms with E-state index in [1.807, 2.05) is 42.0 Å². The normalized spacial score (nSPS) is 11.0. The summed E-state index contributed by atoms with van der Waals surface area (Å²) in [5.74, 6) is -0.00266. The van der Waals surface area contributed by atoms with Crippen LogP contribution in [0.2, 0.25) is 0 Å². The summed E-state index contributed by atoms with van der Waals surface area (Å²) in [5, 5.41) is 0. The molecule has 1 heterocycles. The van der Waals surface area contributed by atoms with Gasteiger partial charge in [0, 0.05) is 44.1 Å². The molecular formula is C15H22Cl2N4O. The molecule has 0 fully saturated rings. The van der Waals surface area contributed by atoms with Crippen molar-refractivity contribution in [3.05, 3.63) is 54.1 Å². The monoisotopic (exact) mass is 344 g/mol. The van der Waals surface area contributed by atoms with Crippen molar-refractivity contribution in [2.24, 2.45) is 5.73 Å². The highest BCUT2D eigenvalue weighted by Crippen LogP contribution is 2.10. The van der Waals surface area contributed by atoms with E-state index in [0.717, 1.165) is 12.1 Å². The van der Waals surface area contributed by atoms with Crippen LogP contribution in [0.3, 0.4) is 0 Å². The Morgan fingerprint density at radius 3 is 2.45 bits per heavy atom. The lowest BCUT2D eigenvalue weighted by atomic mass is 10.1. The highest BCUT2D eigenvalue weighted by molar-refractivity contribution is 5.94. The average molecular weight is 345 g/mol. The molecule has 5 nitrogen and oxygen atoms in total. The number of hydrogen-bond acceptors (Lipinski definition) is 3. The Morgan fingerprint density at radius 2 is 1.95 bits per heavy atom. The van der Waals surface area contributed by atoms with Crippen LogP contribution in [0.25, 0.3) is 0 Å². The molecular weight excluding hydrogens is 323 g/mol. The topological polar surface area (TPSA) is 64.2 Å². The van der Waals surface area contributed by atoms with Crippen LogP contribution >= 0.6 is 24.8 Å². The van der Waals surface area contributed by atoms with Crippen LogP contribution < -0.4 is 5.73 Å². The van der Waals surface area contributed by atoms with E-state index in [0.29, 0.717) is 12.1 Å². The van der Waals surface area contributed by atoms with Gasteiger partial charge in [-0.05, 0) is 24.6 Å². The second kappa shape index (κ2) is 9.46. The lowest BCUT2D eigenvalue weighted by Gasteiger charge is -2.23. The number of imidazole rings is 1. The lowest BCUT2D eigenvalue weighted by molar-refractivity contribution is 0.0748. The molecule has 22 heavy (non-hydrogen) atoms. The van der Waals surface area contributed by atoms with Crippen LogP contribution in [0.1, 0.15) is 22.8 Å². The number of likely N-dealkylation sites (N-methyl/N-ethyl adjacent to an activating group) is 1. The highest BCUT2D eigenvalue weighted by Gasteiger charge is 2.15. The second-order valence-electron chi connectivity index (χ2n) is 4.93. The molecule has 0 aliphatic heterocycles. The van der Waals surface area contributed by atoms with Gasteiger partial charge in [-0.15, -0.1) is 24.8 Å². The summed E-state index contributed by atoms with van der Waals surface area (Å²) in [4.78, 5) is 17.9. The van der Waals surface area contributed by atoms with Crippen LogP contribution in [0.15, 0.2) is 43.0 Å². The van der Waals surface area contributed by atoms with E-state index in [-0.39, 0.29) is 36.8 Å². The molecule has 0 saturated carbocycles. The minimum Gasteiger partial charge on any atom is -0.338 e. The largest absolute Gasteiger partial charge is 0.338 e. The number of benzene rings is 1. The number of nitrogens with zero attached hydrogens (tertiary/aromatic N) is 3. The van der Waals surface area contributed by atoms with Crippen molar-refractivity contribution in [2.75, 3.05) is 13.6 Å². The van der Waals surface area contributed by atoms with Crippen molar-refractivity contribution in [3.63, 3.8) is 0 Å². The summed E-state index contributed by atoms with van der Waals surface area (Å²) in [6.45, 7) is 3.15. The number of halogens is 2. The van der Waals surface area contributed by atoms with Gasteiger partial charge in [0.05, 0.1) is 6.33 Å². The molecule has 0 aliphatic rings. The van der Waals surface area contributed by atoms with E-state index in [9.17, 15) is 4.79 Å². The van der Waals surface area contributed by atoms with Crippen LogP contribution in [0.5, 0.6) is 0 Å². The molecule has 2 aromatic rings. The van der Waals surface area contributed by atoms with Crippen molar-refractivity contribution in [1.29, 1.82) is 0 Å². The van der Waals surface area contributed by atoms with Gasteiger partial charge in [-0.1, -0.05) is 12.1 Å². The molecule has 1 aromatic heterocycles. The van der Waals surface area contributed by atoms with Gasteiger partial charge in [0.1, 0.15) is 0 Å². The zero-order valence-electron chi connectivity index (χ0n) is 12.7. The summed E-state index contributed by atoms with van der Waals surface area (Å²) < 4.78 is 1.99. The minimum absolute atomic E-state index is 0. The fourth-order valence-corrected chi connectivity index (χ4v) is 1.91. The smallest absolute Gasteiger partial charge is 0.253 e. The fourth-order valence-electron chi connectivity index (χ4n) is 1.91. The Balaban J connectivity index is 0.00000220. The number of aromatic nitrogens is 2. The summed E-state index contributed by atoms with van der Waals surface area (Å²) >= 11 is 0. The van der Waals surface area contributed by atoms with E-state index < -0.39 is 0 Å². The molecule has 0 spiro atoms. The molecule has 2 rings (SSSR count). The van der Waals surface area contributed by atoms with E-state index in [4.69, 9.17) is 5.73 Å². The molecule has 122 valence electrons. The van der Waals surface area contributed by atoms with Crippen molar-refractivity contribution in [3.8, 4) is 0 Å². The standard InChI is InChI=1S/C15H20N4O.2ClH/c1-12(9-16)18(2)15(20)14-5-3-13(4-6-14)10-19-8-7-17-11-19;;/h3-8,11-12H,9-10,16H2,1-2H3;2*1H. The quantitative estimate of drug-likeness (QED) is 0.904. The SMILES string of the molecule is CC(CN)N(C)C(=O)c1ccc(Cn2ccnc2)cc1.Cl.Cl. The van der Waals surface area contributed by atoms with Crippen LogP contribution in [-0.4, -0.2) is 40.0 Å². The van der Waals surface area contributed by atoms with Gasteiger partial charge in [-0.2, -0.15) is 0 Å². The molecule has 1 atom stereocenters. The maximum absolute atomic E-state index is 12.2. The first-order chi connectivity index (χ1) is 9.61. The molecule has 0 saturated heterocycles. The first-order valence-corrected chi connectivity index (χ1v) is 6.63. The zero-order valence-corrected chi connectivity index (χ0v) is 14.3. The second-order valence-corrected chi connectivity index (χ2v) is 4.93. The van der Waals surface area contributed by atoms with Crippen LogP contribution in [-0.2, 0) is 6.54 Å². The summed E-state index contributed by atoms with van der Waals surface area (Å²) in [5.41, 5.74) is 7.40. The number of rotatable bonds is 5. The Morgan fingerprint density at radius 1 is 1.32 bits per heavy atom. The molecule has 1 amide bonds. The number of amides is 1. The third kappa shape index (κ3) is 5.02. The Hall–Kier alpha value is -1.56. The number of carbonyl (C=O) groups excluding carboxylic acids is 1. The van der Waals surface area contributed by atoms with Gasteiger partial charge < -0.3 is 15.2 Å². The van der Waals surface area contributed by atoms with Crippen molar-refractivity contribution in [1.82, 2.24) is 14.5 Å². The summed E-state index contributed by atoms with van der Waals surface area (Å²) in [7, 11) is 1.78. The van der Waals surface area contributed by atoms with Gasteiger partial charge in [0.2, 0.25) is 0 Å². The third-order valence-corrected chi connectivity index (χ3v) is 3.45. The molecule has 0 aliphatic carbocycles. The molecule has 1 aromatic carbocycles. The molecule has 2 N–H and O–H groups in total. The molecule has 0 radical (unpaired) electrons. The molecule has 0 bridgehead atoms. The number of hydrogen-bond donors (Lipinski definition) is 1. The Kier molecular flexibility index (Phi) is 8.79. The number of carbonyl (C=O) groups is 1. The highest BCUT2D eigenvalue weighted by atomic mass is 35.5. The first-order valence-electron chi connectivity index (χ1n) is 6.63. The van der Waals surface area contributed by atoms with Crippen molar-refractivity contribution in [2.45, 2.75) is 19.5 Å². The van der Waals surface area contributed by atoms with E-state index in [2.05, 4.69) is 4.98 Å². The predicted octanol–water partition coefficient (Wildman–Crippen LogP) is 2.19. The van der Waals surface area contributed by atoms with E-state index >= 15 is 0 Å². The van der Waals surface area contributed by atoms with E-state index in [1.165, 1.54) is 0 Å². The zero-order chi connectivity index (χ0) is 14.5. The van der Waals surface area contributed by atoms with Crippen LogP contribution in [0, 0.1) is 0 Å². The Labute approximate surface area is 143 Å². The van der Waals surface area contributed by atoms with Gasteiger partial charge in [0.25, 0.3) is 5.91 Å². The van der Waals surface area contributed by atoms with Gasteiger partial charge in [-0.25, -0.2) is 4.98 Å². The maximum atomic E-state index is 12.2. The van der Waals surface area contributed by atoms with Gasteiger partial charge >= 0.3 is 0 Å². The Bertz CT molecular complexity index is 557. The summed E-state index contributed by atoms with van der Waals surface area (Å²) in [6, 6.07) is 7.68. The van der Waals surface area contributed by atoms with Crippen LogP contribution in [0.4, 0.5) is 0 Å². The van der Waals surface area contributed by atoms with Gasteiger partial charge in [0.15, 0.2) is 0 Å². The average Bonchev–Trinajstić information content (AvgIpc) is 2.98. The molecule has 1 unspecified atom stereocenters. The summed E-state index contributed by atoms with van der Waals surface area (Å²) in [6.07, 6.45) is 5.44. The lowest BCUT2D eigenvalue weighted by Crippen LogP contribution is -2.39. The van der Waals surface area contributed by atoms with Crippen molar-refractivity contribution >= 4 is 30.7 Å². The van der Waals surface area contributed by atoms with Gasteiger partial charge in [-0.3, -0.25) is 4.79 Å². The first kappa shape index (κ1) is 20.4. The third-order valence-electron chi connectivity index (χ3n) is 3.45. The van der Waals surface area contributed by atoms with Crippen molar-refractivity contribution < 1.29 is 4.79 Å². The maximum Gasteiger partial charge on any atom is 0.253 e. The molecule has 7 heteroatoms. The number of nitrogens with two attached hydrogens (primary N) is 1. The minimum atomic E-state index is -0.00266. The van der Waals surface area contributed by atoms with E-state index in [1.54, 1.807) is 24.5 Å². The predicted molar refractivity (Wildman–Crippen MR) is 92.9 cm³/mol.